The van der Waals surface area contributed by atoms with Crippen molar-refractivity contribution in [3.8, 4) is 0 Å². The lowest BCUT2D eigenvalue weighted by Crippen LogP contribution is -2.40. The first-order valence-corrected chi connectivity index (χ1v) is 8.29. The molecular weight excluding hydrogens is 328 g/mol. The highest BCUT2D eigenvalue weighted by Crippen LogP contribution is 2.58. The van der Waals surface area contributed by atoms with Gasteiger partial charge >= 0.3 is 15.4 Å². The van der Waals surface area contributed by atoms with Gasteiger partial charge in [-0.25, -0.2) is 9.88 Å². The van der Waals surface area contributed by atoms with Crippen LogP contribution in [-0.4, -0.2) is 62.0 Å². The highest BCUT2D eigenvalue weighted by atomic mass is 31.2. The quantitative estimate of drug-likeness (QED) is 0.348. The Bertz CT molecular complexity index is 826. The Kier molecular flexibility index (Phi) is 3.24. The van der Waals surface area contributed by atoms with Crippen molar-refractivity contribution < 1.29 is 23.8 Å². The fourth-order valence-corrected chi connectivity index (χ4v) is 3.76. The van der Waals surface area contributed by atoms with Gasteiger partial charge in [0.1, 0.15) is 18.8 Å². The van der Waals surface area contributed by atoms with E-state index in [2.05, 4.69) is 15.0 Å². The van der Waals surface area contributed by atoms with Gasteiger partial charge in [-0.05, 0) is 0 Å². The normalized spacial score (nSPS) is 37.1. The standard InChI is InChI=1S/C10H12BN5O6P/c11-23(19)20-1-3-6(22-23)5(17)9(21-3)16-2-13-4-7(16)14-10(12)15-8(4)18/h2-3,5-6,9,17,19H,1H2,(H3,12,14,15,18)/q+1/t3-,5?,6-,9-,23?/m1/s1. The number of H-pyrrole nitrogens is 1. The summed E-state index contributed by atoms with van der Waals surface area (Å²) in [5, 5.41) is 10.4. The molecule has 0 bridgehead atoms. The van der Waals surface area contributed by atoms with E-state index >= 15 is 0 Å². The van der Waals surface area contributed by atoms with Crippen LogP contribution in [0.25, 0.3) is 11.2 Å². The number of rotatable bonds is 1. The van der Waals surface area contributed by atoms with Gasteiger partial charge < -0.3 is 15.6 Å². The molecule has 2 radical (unpaired) electrons. The fourth-order valence-electron chi connectivity index (χ4n) is 2.73. The number of aromatic nitrogens is 4. The third kappa shape index (κ3) is 2.35. The maximum atomic E-state index is 11.8. The number of nitrogens with one attached hydrogen (secondary N) is 1. The van der Waals surface area contributed by atoms with Crippen molar-refractivity contribution in [3.63, 3.8) is 0 Å². The average Bonchev–Trinajstić information content (AvgIpc) is 3.00. The molecule has 2 fully saturated rings. The van der Waals surface area contributed by atoms with Crippen LogP contribution in [0.15, 0.2) is 11.1 Å². The summed E-state index contributed by atoms with van der Waals surface area (Å²) >= 11 is 0. The second-order valence-electron chi connectivity index (χ2n) is 5.26. The van der Waals surface area contributed by atoms with Crippen molar-refractivity contribution in [1.29, 1.82) is 0 Å². The van der Waals surface area contributed by atoms with E-state index in [4.69, 9.17) is 27.1 Å². The minimum atomic E-state index is -3.47. The molecule has 0 spiro atoms. The number of aliphatic hydroxyl groups is 1. The highest BCUT2D eigenvalue weighted by molar-refractivity contribution is 7.85. The lowest BCUT2D eigenvalue weighted by molar-refractivity contribution is -0.0603. The maximum absolute atomic E-state index is 11.8. The number of nitrogens with two attached hydrogens (primary N) is 1. The molecule has 2 aliphatic rings. The molecule has 0 aliphatic carbocycles. The molecule has 5 atom stereocenters. The van der Waals surface area contributed by atoms with E-state index in [0.717, 1.165) is 0 Å². The van der Waals surface area contributed by atoms with Crippen LogP contribution in [0.5, 0.6) is 0 Å². The van der Waals surface area contributed by atoms with Gasteiger partial charge in [-0.15, -0.1) is 0 Å². The third-order valence-corrected chi connectivity index (χ3v) is 4.80. The first-order chi connectivity index (χ1) is 10.9. The van der Waals surface area contributed by atoms with Crippen LogP contribution in [0.1, 0.15) is 6.23 Å². The van der Waals surface area contributed by atoms with Gasteiger partial charge in [0.2, 0.25) is 5.95 Å². The van der Waals surface area contributed by atoms with Crippen LogP contribution in [-0.2, 0) is 13.8 Å². The molecule has 0 saturated carbocycles. The summed E-state index contributed by atoms with van der Waals surface area (Å²) in [5.74, 6) is -0.0870. The van der Waals surface area contributed by atoms with Crippen LogP contribution < -0.4 is 11.3 Å². The van der Waals surface area contributed by atoms with E-state index in [-0.39, 0.29) is 23.7 Å². The smallest absolute Gasteiger partial charge is 0.385 e. The molecule has 2 unspecified atom stereocenters. The number of fused-ring (bicyclic) bond motifs is 2. The number of nitrogen functional groups attached to an aromatic ring is 1. The first kappa shape index (κ1) is 15.0. The summed E-state index contributed by atoms with van der Waals surface area (Å²) in [7, 11) is 1.99. The van der Waals surface area contributed by atoms with Crippen LogP contribution in [0.3, 0.4) is 0 Å². The summed E-state index contributed by atoms with van der Waals surface area (Å²) in [4.78, 5) is 31.8. The van der Waals surface area contributed by atoms with Crippen molar-refractivity contribution in [2.75, 3.05) is 12.3 Å². The maximum Gasteiger partial charge on any atom is 0.488 e. The van der Waals surface area contributed by atoms with Crippen LogP contribution in [0, 0.1) is 0 Å². The van der Waals surface area contributed by atoms with Gasteiger partial charge in [-0.2, -0.15) is 14.0 Å². The second-order valence-corrected chi connectivity index (χ2v) is 6.86. The Morgan fingerprint density at radius 3 is 3.13 bits per heavy atom. The molecule has 13 heteroatoms. The molecule has 2 aromatic rings. The predicted octanol–water partition coefficient (Wildman–Crippen LogP) is -1.79. The van der Waals surface area contributed by atoms with E-state index < -0.39 is 37.9 Å². The molecular formula is C10H12BN5O6P+. The minimum Gasteiger partial charge on any atom is -0.385 e. The zero-order chi connectivity index (χ0) is 16.4. The van der Waals surface area contributed by atoms with Crippen molar-refractivity contribution in [2.45, 2.75) is 24.5 Å². The number of ether oxygens (including phenoxy) is 1. The molecule has 2 aliphatic heterocycles. The number of hydrogen-bond donors (Lipinski definition) is 4. The second kappa shape index (κ2) is 4.97. The minimum absolute atomic E-state index is 0.0260. The largest absolute Gasteiger partial charge is 0.488 e. The van der Waals surface area contributed by atoms with Gasteiger partial charge in [0.25, 0.3) is 5.56 Å². The Hall–Kier alpha value is -1.56. The van der Waals surface area contributed by atoms with Crippen molar-refractivity contribution in [3.05, 3.63) is 16.7 Å². The molecule has 23 heavy (non-hydrogen) atoms. The Morgan fingerprint density at radius 2 is 2.35 bits per heavy atom. The molecule has 5 N–H and O–H groups in total. The predicted molar refractivity (Wildman–Crippen MR) is 78.2 cm³/mol. The van der Waals surface area contributed by atoms with Gasteiger partial charge in [0, 0.05) is 0 Å². The summed E-state index contributed by atoms with van der Waals surface area (Å²) < 4.78 is 17.2. The number of hydrogen-bond acceptors (Lipinski definition) is 9. The van der Waals surface area contributed by atoms with Crippen LogP contribution in [0.2, 0.25) is 0 Å². The molecule has 2 saturated heterocycles. The average molecular weight is 340 g/mol. The molecule has 4 heterocycles. The van der Waals surface area contributed by atoms with Gasteiger partial charge in [0.05, 0.1) is 6.33 Å². The Balaban J connectivity index is 1.73. The van der Waals surface area contributed by atoms with Gasteiger partial charge in [-0.3, -0.25) is 14.3 Å². The Labute approximate surface area is 130 Å². The molecule has 11 nitrogen and oxygen atoms in total. The monoisotopic (exact) mass is 340 g/mol. The van der Waals surface area contributed by atoms with E-state index in [1.807, 2.05) is 0 Å². The molecule has 0 aromatic carbocycles. The summed E-state index contributed by atoms with van der Waals surface area (Å²) in [6.07, 6.45) is -2.30. The van der Waals surface area contributed by atoms with E-state index in [9.17, 15) is 14.8 Å². The van der Waals surface area contributed by atoms with Crippen molar-refractivity contribution in [2.24, 2.45) is 0 Å². The number of aliphatic hydroxyl groups excluding tert-OH is 1. The SMILES string of the molecule is [B][P+]1(O)OC[C@H]2O[C@@H](n3cnc4c(=O)[nH]c(N)nc43)C(O)[C@@H]2O1. The van der Waals surface area contributed by atoms with Gasteiger partial charge in [0.15, 0.2) is 23.5 Å². The van der Waals surface area contributed by atoms with E-state index in [1.165, 1.54) is 10.9 Å². The number of anilines is 1. The molecule has 0 amide bonds. The zero-order valence-corrected chi connectivity index (χ0v) is 12.5. The van der Waals surface area contributed by atoms with Crippen molar-refractivity contribution >= 4 is 32.5 Å². The fraction of sp³-hybridized carbons (Fsp3) is 0.500. The number of nitrogens with zero attached hydrogens (tertiary/aromatic N) is 3. The topological polar surface area (TPSA) is 158 Å². The molecule has 120 valence electrons. The number of imidazole rings is 1. The number of aromatic amines is 1. The van der Waals surface area contributed by atoms with Crippen molar-refractivity contribution in [1.82, 2.24) is 19.5 Å². The third-order valence-electron chi connectivity index (χ3n) is 3.73. The van der Waals surface area contributed by atoms with Gasteiger partial charge in [-0.1, -0.05) is 0 Å². The lowest BCUT2D eigenvalue weighted by Gasteiger charge is -2.27. The highest BCUT2D eigenvalue weighted by Gasteiger charge is 2.56. The van der Waals surface area contributed by atoms with E-state index in [0.29, 0.717) is 0 Å². The zero-order valence-electron chi connectivity index (χ0n) is 11.6. The van der Waals surface area contributed by atoms with E-state index in [1.54, 1.807) is 0 Å². The van der Waals surface area contributed by atoms with Crippen LogP contribution >= 0.6 is 7.82 Å². The summed E-state index contributed by atoms with van der Waals surface area (Å²) in [5.41, 5.74) is 5.26. The lowest BCUT2D eigenvalue weighted by atomic mass is 10.1. The summed E-state index contributed by atoms with van der Waals surface area (Å²) in [6.45, 7) is -0.0260. The van der Waals surface area contributed by atoms with Crippen LogP contribution in [0.4, 0.5) is 5.95 Å². The molecule has 4 rings (SSSR count). The summed E-state index contributed by atoms with van der Waals surface area (Å²) in [6, 6.07) is 0. The Morgan fingerprint density at radius 1 is 1.57 bits per heavy atom. The molecule has 2 aromatic heterocycles. The first-order valence-electron chi connectivity index (χ1n) is 6.65.